The van der Waals surface area contributed by atoms with Gasteiger partial charge in [0.15, 0.2) is 18.1 Å². The lowest BCUT2D eigenvalue weighted by atomic mass is 10.2. The van der Waals surface area contributed by atoms with Crippen molar-refractivity contribution in [3.8, 4) is 17.4 Å². The number of anilines is 1. The van der Waals surface area contributed by atoms with Crippen LogP contribution in [0.2, 0.25) is 0 Å². The second-order valence-electron chi connectivity index (χ2n) is 8.00. The molecule has 1 amide bonds. The lowest BCUT2D eigenvalue weighted by Gasteiger charge is -2.09. The first kappa shape index (κ1) is 23.0. The quantitative estimate of drug-likeness (QED) is 0.347. The fraction of sp³-hybridized carbons (Fsp3) is 0.348. The van der Waals surface area contributed by atoms with Crippen molar-refractivity contribution in [3.63, 3.8) is 0 Å². The van der Waals surface area contributed by atoms with E-state index in [1.165, 1.54) is 9.13 Å². The summed E-state index contributed by atoms with van der Waals surface area (Å²) in [6, 6.07) is 9.01. The van der Waals surface area contributed by atoms with E-state index in [4.69, 9.17) is 4.74 Å². The van der Waals surface area contributed by atoms with Crippen LogP contribution in [0.3, 0.4) is 0 Å². The first-order chi connectivity index (χ1) is 16.4. The van der Waals surface area contributed by atoms with Gasteiger partial charge in [0.25, 0.3) is 11.5 Å². The Balaban J connectivity index is 1.54. The van der Waals surface area contributed by atoms with Crippen molar-refractivity contribution in [1.29, 1.82) is 0 Å². The minimum absolute atomic E-state index is 0.198. The van der Waals surface area contributed by atoms with Crippen molar-refractivity contribution in [2.75, 3.05) is 11.9 Å². The maximum absolute atomic E-state index is 12.9. The molecule has 1 aromatic carbocycles. The van der Waals surface area contributed by atoms with Gasteiger partial charge in [-0.15, -0.1) is 5.10 Å². The Morgan fingerprint density at radius 2 is 1.79 bits per heavy atom. The number of imidazole rings is 1. The first-order valence-corrected chi connectivity index (χ1v) is 11.2. The second kappa shape index (κ2) is 9.77. The van der Waals surface area contributed by atoms with Gasteiger partial charge in [0.1, 0.15) is 11.2 Å². The van der Waals surface area contributed by atoms with Crippen LogP contribution in [0.15, 0.2) is 39.9 Å². The molecule has 11 heteroatoms. The third-order valence-electron chi connectivity index (χ3n) is 5.25. The second-order valence-corrected chi connectivity index (χ2v) is 8.00. The van der Waals surface area contributed by atoms with Crippen LogP contribution in [0, 0.1) is 6.92 Å². The highest BCUT2D eigenvalue weighted by Gasteiger charge is 2.18. The number of aromatic nitrogens is 6. The number of ether oxygens (including phenoxy) is 1. The maximum Gasteiger partial charge on any atom is 0.332 e. The molecule has 3 N–H and O–H groups in total. The smallest absolute Gasteiger partial charge is 0.332 e. The van der Waals surface area contributed by atoms with Gasteiger partial charge in [-0.3, -0.25) is 23.8 Å². The Kier molecular flexibility index (Phi) is 6.62. The number of hydrogen-bond acceptors (Lipinski definition) is 6. The summed E-state index contributed by atoms with van der Waals surface area (Å²) < 4.78 is 8.22. The van der Waals surface area contributed by atoms with Crippen molar-refractivity contribution in [3.05, 3.63) is 56.7 Å². The fourth-order valence-corrected chi connectivity index (χ4v) is 3.61. The van der Waals surface area contributed by atoms with Crippen molar-refractivity contribution < 1.29 is 9.53 Å². The summed E-state index contributed by atoms with van der Waals surface area (Å²) >= 11 is 0. The number of rotatable bonds is 9. The van der Waals surface area contributed by atoms with Gasteiger partial charge in [-0.05, 0) is 31.9 Å². The SMILES string of the molecule is CCCn1c(=O)c2[nH]c(-c3cc(OCC(=O)Nc4ccc(C)cc4)n[nH]3)nc2n(CCC)c1=O. The molecule has 0 bridgehead atoms. The molecule has 4 rings (SSSR count). The van der Waals surface area contributed by atoms with Gasteiger partial charge in [0.2, 0.25) is 5.88 Å². The molecule has 0 atom stereocenters. The summed E-state index contributed by atoms with van der Waals surface area (Å²) in [4.78, 5) is 45.3. The topological polar surface area (TPSA) is 140 Å². The molecule has 0 spiro atoms. The average molecular weight is 466 g/mol. The van der Waals surface area contributed by atoms with E-state index in [0.29, 0.717) is 48.8 Å². The molecular formula is C23H27N7O4. The van der Waals surface area contributed by atoms with E-state index >= 15 is 0 Å². The zero-order valence-corrected chi connectivity index (χ0v) is 19.3. The monoisotopic (exact) mass is 465 g/mol. The Morgan fingerprint density at radius 3 is 2.50 bits per heavy atom. The normalized spacial score (nSPS) is 11.1. The van der Waals surface area contributed by atoms with Gasteiger partial charge in [0, 0.05) is 24.8 Å². The van der Waals surface area contributed by atoms with E-state index in [9.17, 15) is 14.4 Å². The van der Waals surface area contributed by atoms with Crippen LogP contribution < -0.4 is 21.3 Å². The van der Waals surface area contributed by atoms with Crippen molar-refractivity contribution in [2.45, 2.75) is 46.7 Å². The molecule has 0 radical (unpaired) electrons. The summed E-state index contributed by atoms with van der Waals surface area (Å²) in [5.41, 5.74) is 2.02. The van der Waals surface area contributed by atoms with Crippen LogP contribution in [0.4, 0.5) is 5.69 Å². The number of carbonyl (C=O) groups is 1. The van der Waals surface area contributed by atoms with Crippen molar-refractivity contribution >= 4 is 22.8 Å². The number of aryl methyl sites for hydroxylation is 2. The Morgan fingerprint density at radius 1 is 1.09 bits per heavy atom. The van der Waals surface area contributed by atoms with Crippen LogP contribution in [0.1, 0.15) is 32.3 Å². The predicted molar refractivity (Wildman–Crippen MR) is 128 cm³/mol. The van der Waals surface area contributed by atoms with Crippen molar-refractivity contribution in [2.24, 2.45) is 0 Å². The molecule has 0 aliphatic rings. The van der Waals surface area contributed by atoms with Crippen LogP contribution in [0.5, 0.6) is 5.88 Å². The summed E-state index contributed by atoms with van der Waals surface area (Å²) in [6.45, 7) is 6.38. The predicted octanol–water partition coefficient (Wildman–Crippen LogP) is 2.42. The molecule has 3 heterocycles. The van der Waals surface area contributed by atoms with E-state index in [1.807, 2.05) is 45.0 Å². The molecule has 0 aliphatic heterocycles. The lowest BCUT2D eigenvalue weighted by molar-refractivity contribution is -0.118. The van der Waals surface area contributed by atoms with E-state index in [-0.39, 0.29) is 29.6 Å². The Labute approximate surface area is 194 Å². The van der Waals surface area contributed by atoms with E-state index < -0.39 is 5.56 Å². The zero-order valence-electron chi connectivity index (χ0n) is 19.3. The molecular weight excluding hydrogens is 438 g/mol. The number of H-pyrrole nitrogens is 2. The molecule has 0 fully saturated rings. The standard InChI is InChI=1S/C23H27N7O4/c1-4-10-29-21-19(22(32)30(11-5-2)23(29)33)25-20(26-21)16-12-18(28-27-16)34-13-17(31)24-15-8-6-14(3)7-9-15/h6-9,12H,4-5,10-11,13H2,1-3H3,(H,24,31)(H,25,26)(H,27,28). The first-order valence-electron chi connectivity index (χ1n) is 11.2. The molecule has 0 aliphatic carbocycles. The third kappa shape index (κ3) is 4.63. The molecule has 0 saturated heterocycles. The Hall–Kier alpha value is -4.15. The molecule has 4 aromatic rings. The highest BCUT2D eigenvalue weighted by Crippen LogP contribution is 2.20. The number of carbonyl (C=O) groups excluding carboxylic acids is 1. The van der Waals surface area contributed by atoms with Crippen LogP contribution in [-0.2, 0) is 17.9 Å². The summed E-state index contributed by atoms with van der Waals surface area (Å²) in [7, 11) is 0. The lowest BCUT2D eigenvalue weighted by Crippen LogP contribution is -2.40. The van der Waals surface area contributed by atoms with Crippen LogP contribution >= 0.6 is 0 Å². The fourth-order valence-electron chi connectivity index (χ4n) is 3.61. The van der Waals surface area contributed by atoms with Gasteiger partial charge < -0.3 is 15.0 Å². The number of hydrogen-bond donors (Lipinski definition) is 3. The summed E-state index contributed by atoms with van der Waals surface area (Å²) in [5, 5.41) is 9.60. The van der Waals surface area contributed by atoms with E-state index in [0.717, 1.165) is 5.56 Å². The maximum atomic E-state index is 12.9. The number of nitrogens with zero attached hydrogens (tertiary/aromatic N) is 4. The summed E-state index contributed by atoms with van der Waals surface area (Å²) in [5.74, 6) is 0.220. The zero-order chi connectivity index (χ0) is 24.2. The number of fused-ring (bicyclic) bond motifs is 1. The largest absolute Gasteiger partial charge is 0.466 e. The van der Waals surface area contributed by atoms with Gasteiger partial charge >= 0.3 is 5.69 Å². The number of benzene rings is 1. The van der Waals surface area contributed by atoms with Crippen LogP contribution in [0.25, 0.3) is 22.7 Å². The minimum atomic E-state index is -0.406. The Bertz CT molecular complexity index is 1430. The number of aromatic amines is 2. The van der Waals surface area contributed by atoms with E-state index in [1.54, 1.807) is 6.07 Å². The molecule has 0 unspecified atom stereocenters. The van der Waals surface area contributed by atoms with Gasteiger partial charge in [0.05, 0.1) is 0 Å². The number of amides is 1. The molecule has 178 valence electrons. The number of nitrogens with one attached hydrogen (secondary N) is 3. The van der Waals surface area contributed by atoms with Gasteiger partial charge in [-0.2, -0.15) is 0 Å². The minimum Gasteiger partial charge on any atom is -0.466 e. The molecule has 34 heavy (non-hydrogen) atoms. The highest BCUT2D eigenvalue weighted by atomic mass is 16.5. The van der Waals surface area contributed by atoms with Crippen LogP contribution in [-0.4, -0.2) is 41.8 Å². The van der Waals surface area contributed by atoms with Gasteiger partial charge in [-0.1, -0.05) is 31.5 Å². The third-order valence-corrected chi connectivity index (χ3v) is 5.25. The average Bonchev–Trinajstić information content (AvgIpc) is 3.47. The van der Waals surface area contributed by atoms with Crippen molar-refractivity contribution in [1.82, 2.24) is 29.3 Å². The highest BCUT2D eigenvalue weighted by molar-refractivity contribution is 5.91. The molecule has 11 nitrogen and oxygen atoms in total. The molecule has 0 saturated carbocycles. The molecule has 3 aromatic heterocycles. The summed E-state index contributed by atoms with van der Waals surface area (Å²) in [6.07, 6.45) is 1.38. The van der Waals surface area contributed by atoms with Gasteiger partial charge in [-0.25, -0.2) is 9.78 Å². The van der Waals surface area contributed by atoms with E-state index in [2.05, 4.69) is 25.5 Å².